The molecule has 4 rings (SSSR count). The second-order valence-electron chi connectivity index (χ2n) is 8.26. The van der Waals surface area contributed by atoms with Gasteiger partial charge < -0.3 is 10.2 Å². The quantitative estimate of drug-likeness (QED) is 0.858. The molecule has 7 nitrogen and oxygen atoms in total. The number of rotatable bonds is 5. The highest BCUT2D eigenvalue weighted by Gasteiger charge is 2.35. The molecule has 3 heterocycles. The van der Waals surface area contributed by atoms with Crippen molar-refractivity contribution in [2.75, 3.05) is 13.1 Å². The Hall–Kier alpha value is -2.44. The molecule has 0 radical (unpaired) electrons. The molecular formula is C21H29N5O2. The van der Waals surface area contributed by atoms with Crippen LogP contribution in [0, 0.1) is 26.7 Å². The number of carbonyl (C=O) groups is 2. The van der Waals surface area contributed by atoms with Gasteiger partial charge in [-0.3, -0.25) is 9.59 Å². The third kappa shape index (κ3) is 3.88. The van der Waals surface area contributed by atoms with E-state index in [2.05, 4.69) is 15.4 Å². The van der Waals surface area contributed by atoms with Gasteiger partial charge in [0.1, 0.15) is 0 Å². The van der Waals surface area contributed by atoms with Crippen LogP contribution in [0.25, 0.3) is 5.65 Å². The second-order valence-corrected chi connectivity index (χ2v) is 8.26. The summed E-state index contributed by atoms with van der Waals surface area (Å²) in [5.74, 6) is 0.664. The Labute approximate surface area is 165 Å². The Morgan fingerprint density at radius 3 is 2.54 bits per heavy atom. The van der Waals surface area contributed by atoms with E-state index in [0.717, 1.165) is 67.1 Å². The molecule has 1 aliphatic heterocycles. The lowest BCUT2D eigenvalue weighted by atomic mass is 10.0. The summed E-state index contributed by atoms with van der Waals surface area (Å²) in [6.45, 7) is 7.51. The van der Waals surface area contributed by atoms with E-state index in [-0.39, 0.29) is 17.9 Å². The van der Waals surface area contributed by atoms with Gasteiger partial charge >= 0.3 is 0 Å². The monoisotopic (exact) mass is 383 g/mol. The molecule has 1 saturated carbocycles. The average Bonchev–Trinajstić information content (AvgIpc) is 3.44. The van der Waals surface area contributed by atoms with Gasteiger partial charge in [0, 0.05) is 48.9 Å². The highest BCUT2D eigenvalue weighted by Crippen LogP contribution is 2.31. The van der Waals surface area contributed by atoms with E-state index in [0.29, 0.717) is 18.7 Å². The Morgan fingerprint density at radius 2 is 1.86 bits per heavy atom. The molecule has 1 N–H and O–H groups in total. The molecule has 0 aromatic carbocycles. The van der Waals surface area contributed by atoms with Crippen molar-refractivity contribution in [2.45, 2.75) is 65.3 Å². The number of aryl methyl sites for hydroxylation is 3. The van der Waals surface area contributed by atoms with Gasteiger partial charge in [0.15, 0.2) is 5.65 Å². The summed E-state index contributed by atoms with van der Waals surface area (Å²) in [5.41, 5.74) is 4.90. The lowest BCUT2D eigenvalue weighted by molar-refractivity contribution is -0.133. The zero-order valence-electron chi connectivity index (χ0n) is 17.0. The first-order valence-electron chi connectivity index (χ1n) is 10.3. The van der Waals surface area contributed by atoms with Crippen molar-refractivity contribution in [1.82, 2.24) is 24.8 Å². The minimum Gasteiger partial charge on any atom is -0.353 e. The van der Waals surface area contributed by atoms with Crippen LogP contribution in [0.2, 0.25) is 0 Å². The predicted octanol–water partition coefficient (Wildman–Crippen LogP) is 2.10. The van der Waals surface area contributed by atoms with Crippen LogP contribution < -0.4 is 5.32 Å². The molecule has 0 spiro atoms. The molecule has 7 heteroatoms. The number of fused-ring (bicyclic) bond motifs is 1. The van der Waals surface area contributed by atoms with Gasteiger partial charge in [-0.15, -0.1) is 0 Å². The molecule has 150 valence electrons. The van der Waals surface area contributed by atoms with E-state index in [9.17, 15) is 9.59 Å². The molecule has 0 bridgehead atoms. The van der Waals surface area contributed by atoms with Crippen LogP contribution in [-0.4, -0.2) is 50.4 Å². The summed E-state index contributed by atoms with van der Waals surface area (Å²) < 4.78 is 1.86. The van der Waals surface area contributed by atoms with E-state index in [1.54, 1.807) is 0 Å². The van der Waals surface area contributed by atoms with Crippen LogP contribution in [0.4, 0.5) is 0 Å². The third-order valence-electron chi connectivity index (χ3n) is 5.99. The van der Waals surface area contributed by atoms with Crippen LogP contribution in [0.15, 0.2) is 6.07 Å². The van der Waals surface area contributed by atoms with Crippen molar-refractivity contribution in [3.05, 3.63) is 28.7 Å². The number of piperidine rings is 1. The smallest absolute Gasteiger partial charge is 0.225 e. The van der Waals surface area contributed by atoms with Gasteiger partial charge in [0.05, 0.1) is 5.69 Å². The topological polar surface area (TPSA) is 79.6 Å². The normalized spacial score (nSPS) is 17.9. The highest BCUT2D eigenvalue weighted by atomic mass is 16.2. The minimum absolute atomic E-state index is 0.0718. The van der Waals surface area contributed by atoms with Crippen molar-refractivity contribution in [3.63, 3.8) is 0 Å². The van der Waals surface area contributed by atoms with Crippen molar-refractivity contribution >= 4 is 17.5 Å². The van der Waals surface area contributed by atoms with Crippen molar-refractivity contribution in [3.8, 4) is 0 Å². The van der Waals surface area contributed by atoms with E-state index in [4.69, 9.17) is 0 Å². The summed E-state index contributed by atoms with van der Waals surface area (Å²) in [6, 6.07) is 2.14. The lowest BCUT2D eigenvalue weighted by Crippen LogP contribution is -2.47. The Balaban J connectivity index is 1.30. The van der Waals surface area contributed by atoms with Gasteiger partial charge in [-0.2, -0.15) is 5.10 Å². The lowest BCUT2D eigenvalue weighted by Gasteiger charge is -2.32. The number of aromatic nitrogens is 3. The summed E-state index contributed by atoms with van der Waals surface area (Å²) in [6.07, 6.45) is 4.89. The Kier molecular flexibility index (Phi) is 5.08. The van der Waals surface area contributed by atoms with E-state index in [1.807, 2.05) is 36.3 Å². The number of nitrogens with one attached hydrogen (secondary N) is 1. The SMILES string of the molecule is Cc1cc2nc(C)c(CCC(=O)NC3CCN(C(=O)C4CC4)CC3)c(C)n2n1. The molecule has 0 atom stereocenters. The Bertz CT molecular complexity index is 907. The van der Waals surface area contributed by atoms with Crippen molar-refractivity contribution < 1.29 is 9.59 Å². The van der Waals surface area contributed by atoms with Crippen LogP contribution in [0.1, 0.15) is 54.7 Å². The molecule has 1 saturated heterocycles. The zero-order chi connectivity index (χ0) is 19.8. The fourth-order valence-corrected chi connectivity index (χ4v) is 4.17. The van der Waals surface area contributed by atoms with Gasteiger partial charge in [0.25, 0.3) is 0 Å². The maximum absolute atomic E-state index is 12.5. The standard InChI is InChI=1S/C21H29N5O2/c1-13-12-19-22-14(2)18(15(3)26(19)24-13)6-7-20(27)23-17-8-10-25(11-9-17)21(28)16-4-5-16/h12,16-17H,4-11H2,1-3H3,(H,23,27). The van der Waals surface area contributed by atoms with E-state index >= 15 is 0 Å². The highest BCUT2D eigenvalue weighted by molar-refractivity contribution is 5.81. The molecular weight excluding hydrogens is 354 g/mol. The van der Waals surface area contributed by atoms with E-state index < -0.39 is 0 Å². The van der Waals surface area contributed by atoms with Crippen LogP contribution in [0.3, 0.4) is 0 Å². The van der Waals surface area contributed by atoms with Crippen LogP contribution in [-0.2, 0) is 16.0 Å². The summed E-state index contributed by atoms with van der Waals surface area (Å²) in [5, 5.41) is 7.65. The molecule has 2 amide bonds. The third-order valence-corrected chi connectivity index (χ3v) is 5.99. The fourth-order valence-electron chi connectivity index (χ4n) is 4.17. The number of likely N-dealkylation sites (tertiary alicyclic amines) is 1. The maximum Gasteiger partial charge on any atom is 0.225 e. The minimum atomic E-state index is 0.0718. The molecule has 28 heavy (non-hydrogen) atoms. The number of amides is 2. The average molecular weight is 383 g/mol. The molecule has 2 aromatic heterocycles. The van der Waals surface area contributed by atoms with E-state index in [1.165, 1.54) is 0 Å². The number of hydrogen-bond donors (Lipinski definition) is 1. The molecule has 0 unspecified atom stereocenters. The number of carbonyl (C=O) groups excluding carboxylic acids is 2. The largest absolute Gasteiger partial charge is 0.353 e. The summed E-state index contributed by atoms with van der Waals surface area (Å²) in [4.78, 5) is 31.2. The van der Waals surface area contributed by atoms with Gasteiger partial charge in [-0.1, -0.05) is 0 Å². The first-order chi connectivity index (χ1) is 13.4. The van der Waals surface area contributed by atoms with Crippen LogP contribution >= 0.6 is 0 Å². The predicted molar refractivity (Wildman–Crippen MR) is 106 cm³/mol. The molecule has 1 aliphatic carbocycles. The maximum atomic E-state index is 12.5. The number of nitrogens with zero attached hydrogens (tertiary/aromatic N) is 4. The molecule has 2 fully saturated rings. The van der Waals surface area contributed by atoms with Gasteiger partial charge in [-0.25, -0.2) is 9.50 Å². The number of hydrogen-bond acceptors (Lipinski definition) is 4. The molecule has 2 aromatic rings. The first-order valence-corrected chi connectivity index (χ1v) is 10.3. The fraction of sp³-hybridized carbons (Fsp3) is 0.619. The first kappa shape index (κ1) is 18.9. The van der Waals surface area contributed by atoms with Crippen molar-refractivity contribution in [2.24, 2.45) is 5.92 Å². The summed E-state index contributed by atoms with van der Waals surface area (Å²) in [7, 11) is 0. The van der Waals surface area contributed by atoms with Crippen molar-refractivity contribution in [1.29, 1.82) is 0 Å². The van der Waals surface area contributed by atoms with Gasteiger partial charge in [0.2, 0.25) is 11.8 Å². The zero-order valence-corrected chi connectivity index (χ0v) is 17.0. The van der Waals surface area contributed by atoms with Crippen LogP contribution in [0.5, 0.6) is 0 Å². The summed E-state index contributed by atoms with van der Waals surface area (Å²) >= 11 is 0. The second kappa shape index (κ2) is 7.53. The Morgan fingerprint density at radius 1 is 1.14 bits per heavy atom. The van der Waals surface area contributed by atoms with Gasteiger partial charge in [-0.05, 0) is 58.4 Å². The molecule has 2 aliphatic rings.